The number of hydrogen-bond donors (Lipinski definition) is 2. The van der Waals surface area contributed by atoms with Crippen LogP contribution in [0.1, 0.15) is 30.6 Å². The lowest BCUT2D eigenvalue weighted by atomic mass is 10.0. The summed E-state index contributed by atoms with van der Waals surface area (Å²) in [6, 6.07) is 3.07. The van der Waals surface area contributed by atoms with E-state index in [1.54, 1.807) is 0 Å². The Hall–Kier alpha value is -1.80. The molecule has 1 unspecified atom stereocenters. The lowest BCUT2D eigenvalue weighted by Gasteiger charge is -2.13. The number of carbonyl (C=O) groups excluding carboxylic acids is 2. The molecule has 1 atom stereocenters. The standard InChI is InChI=1S/C13H16BrN3O4/c1-7(2)5-10(15)13(19)16-12(18)8-3-4-9(14)11(6-8)17(20)21/h3-4,6-7,10H,5,15H2,1-2H3,(H,16,18,19). The molecule has 0 radical (unpaired) electrons. The zero-order valence-electron chi connectivity index (χ0n) is 11.6. The van der Waals surface area contributed by atoms with Gasteiger partial charge in [-0.25, -0.2) is 0 Å². The SMILES string of the molecule is CC(C)CC(N)C(=O)NC(=O)c1ccc(Br)c([N+](=O)[O-])c1. The fourth-order valence-electron chi connectivity index (χ4n) is 1.69. The highest BCUT2D eigenvalue weighted by molar-refractivity contribution is 9.10. The van der Waals surface area contributed by atoms with Crippen LogP contribution in [0.2, 0.25) is 0 Å². The molecule has 0 aliphatic carbocycles. The third kappa shape index (κ3) is 4.91. The molecule has 0 heterocycles. The van der Waals surface area contributed by atoms with Crippen molar-refractivity contribution in [3.8, 4) is 0 Å². The number of amides is 2. The van der Waals surface area contributed by atoms with Crippen molar-refractivity contribution in [1.29, 1.82) is 0 Å². The molecule has 0 aliphatic heterocycles. The molecule has 0 saturated carbocycles. The summed E-state index contributed by atoms with van der Waals surface area (Å²) >= 11 is 3.02. The third-order valence-electron chi connectivity index (χ3n) is 2.70. The second-order valence-corrected chi connectivity index (χ2v) is 5.83. The number of nitrogens with two attached hydrogens (primary N) is 1. The first-order valence-corrected chi connectivity index (χ1v) is 7.06. The minimum absolute atomic E-state index is 0.0231. The second kappa shape index (κ2) is 7.28. The average molecular weight is 358 g/mol. The Labute approximate surface area is 130 Å². The van der Waals surface area contributed by atoms with Crippen LogP contribution in [-0.2, 0) is 4.79 Å². The maximum Gasteiger partial charge on any atom is 0.284 e. The molecule has 3 N–H and O–H groups in total. The molecule has 0 saturated heterocycles. The van der Waals surface area contributed by atoms with Crippen LogP contribution in [0.3, 0.4) is 0 Å². The summed E-state index contributed by atoms with van der Waals surface area (Å²) in [4.78, 5) is 33.8. The fourth-order valence-corrected chi connectivity index (χ4v) is 2.08. The van der Waals surface area contributed by atoms with E-state index in [1.165, 1.54) is 12.1 Å². The normalized spacial score (nSPS) is 12.0. The molecule has 0 fully saturated rings. The highest BCUT2D eigenvalue weighted by Crippen LogP contribution is 2.25. The maximum atomic E-state index is 11.9. The number of nitrogens with zero attached hydrogens (tertiary/aromatic N) is 1. The highest BCUT2D eigenvalue weighted by Gasteiger charge is 2.20. The summed E-state index contributed by atoms with van der Waals surface area (Å²) in [6.07, 6.45) is 0.444. The van der Waals surface area contributed by atoms with Crippen molar-refractivity contribution in [3.63, 3.8) is 0 Å². The van der Waals surface area contributed by atoms with Gasteiger partial charge in [0.25, 0.3) is 11.6 Å². The first kappa shape index (κ1) is 17.3. The van der Waals surface area contributed by atoms with Gasteiger partial charge < -0.3 is 5.73 Å². The number of imide groups is 1. The Bertz CT molecular complexity index is 575. The minimum atomic E-state index is -0.792. The number of nitro groups is 1. The van der Waals surface area contributed by atoms with Crippen molar-refractivity contribution in [2.45, 2.75) is 26.3 Å². The predicted octanol–water partition coefficient (Wildman–Crippen LogP) is 1.99. The fraction of sp³-hybridized carbons (Fsp3) is 0.385. The van der Waals surface area contributed by atoms with Gasteiger partial charge in [0.2, 0.25) is 5.91 Å². The van der Waals surface area contributed by atoms with Gasteiger partial charge in [-0.05, 0) is 40.4 Å². The smallest absolute Gasteiger partial charge is 0.284 e. The Morgan fingerprint density at radius 3 is 2.57 bits per heavy atom. The predicted molar refractivity (Wildman–Crippen MR) is 80.7 cm³/mol. The topological polar surface area (TPSA) is 115 Å². The molecule has 21 heavy (non-hydrogen) atoms. The number of hydrogen-bond acceptors (Lipinski definition) is 5. The zero-order chi connectivity index (χ0) is 16.2. The van der Waals surface area contributed by atoms with E-state index in [4.69, 9.17) is 5.73 Å². The van der Waals surface area contributed by atoms with Gasteiger partial charge in [-0.2, -0.15) is 0 Å². The Balaban J connectivity index is 2.83. The van der Waals surface area contributed by atoms with E-state index in [-0.39, 0.29) is 21.6 Å². The van der Waals surface area contributed by atoms with Gasteiger partial charge in [-0.3, -0.25) is 25.0 Å². The van der Waals surface area contributed by atoms with Gasteiger partial charge in [0.1, 0.15) is 0 Å². The lowest BCUT2D eigenvalue weighted by Crippen LogP contribution is -2.44. The number of halogens is 1. The molecule has 1 aromatic rings. The third-order valence-corrected chi connectivity index (χ3v) is 3.37. The van der Waals surface area contributed by atoms with Gasteiger partial charge >= 0.3 is 0 Å². The summed E-state index contributed by atoms with van der Waals surface area (Å²) in [7, 11) is 0. The van der Waals surface area contributed by atoms with Gasteiger partial charge in [0.15, 0.2) is 0 Å². The molecule has 114 valence electrons. The van der Waals surface area contributed by atoms with E-state index in [0.29, 0.717) is 6.42 Å². The molecule has 2 amide bonds. The largest absolute Gasteiger partial charge is 0.320 e. The van der Waals surface area contributed by atoms with E-state index in [2.05, 4.69) is 21.2 Å². The lowest BCUT2D eigenvalue weighted by molar-refractivity contribution is -0.385. The van der Waals surface area contributed by atoms with Crippen molar-refractivity contribution < 1.29 is 14.5 Å². The number of rotatable bonds is 5. The van der Waals surface area contributed by atoms with E-state index < -0.39 is 22.8 Å². The van der Waals surface area contributed by atoms with Crippen LogP contribution in [0.15, 0.2) is 22.7 Å². The van der Waals surface area contributed by atoms with Crippen LogP contribution in [-0.4, -0.2) is 22.8 Å². The first-order valence-electron chi connectivity index (χ1n) is 6.27. The number of nitro benzene ring substituents is 1. The van der Waals surface area contributed by atoms with Crippen LogP contribution in [0.4, 0.5) is 5.69 Å². The Morgan fingerprint density at radius 1 is 1.43 bits per heavy atom. The molecule has 0 aliphatic rings. The number of benzene rings is 1. The van der Waals surface area contributed by atoms with E-state index in [0.717, 1.165) is 6.07 Å². The van der Waals surface area contributed by atoms with Crippen molar-refractivity contribution in [2.24, 2.45) is 11.7 Å². The molecule has 0 spiro atoms. The molecule has 1 rings (SSSR count). The van der Waals surface area contributed by atoms with Crippen molar-refractivity contribution in [1.82, 2.24) is 5.32 Å². The summed E-state index contributed by atoms with van der Waals surface area (Å²) < 4.78 is 0.256. The molecule has 7 nitrogen and oxygen atoms in total. The second-order valence-electron chi connectivity index (χ2n) is 4.98. The van der Waals surface area contributed by atoms with Crippen LogP contribution in [0.5, 0.6) is 0 Å². The highest BCUT2D eigenvalue weighted by atomic mass is 79.9. The number of nitrogens with one attached hydrogen (secondary N) is 1. The molecule has 0 bridgehead atoms. The van der Waals surface area contributed by atoms with Crippen LogP contribution >= 0.6 is 15.9 Å². The average Bonchev–Trinajstić information content (AvgIpc) is 2.37. The van der Waals surface area contributed by atoms with Crippen LogP contribution in [0.25, 0.3) is 0 Å². The molecular formula is C13H16BrN3O4. The van der Waals surface area contributed by atoms with Gasteiger partial charge in [0.05, 0.1) is 15.4 Å². The van der Waals surface area contributed by atoms with Crippen molar-refractivity contribution >= 4 is 33.4 Å². The molecule has 1 aromatic carbocycles. The summed E-state index contributed by atoms with van der Waals surface area (Å²) in [6.45, 7) is 3.82. The first-order chi connectivity index (χ1) is 9.72. The molecular weight excluding hydrogens is 342 g/mol. The quantitative estimate of drug-likeness (QED) is 0.617. The van der Waals surface area contributed by atoms with E-state index >= 15 is 0 Å². The van der Waals surface area contributed by atoms with E-state index in [9.17, 15) is 19.7 Å². The van der Waals surface area contributed by atoms with Crippen LogP contribution < -0.4 is 11.1 Å². The Morgan fingerprint density at radius 2 is 2.05 bits per heavy atom. The van der Waals surface area contributed by atoms with Gasteiger partial charge in [-0.1, -0.05) is 13.8 Å². The molecule has 0 aromatic heterocycles. The van der Waals surface area contributed by atoms with Crippen molar-refractivity contribution in [3.05, 3.63) is 38.3 Å². The minimum Gasteiger partial charge on any atom is -0.320 e. The van der Waals surface area contributed by atoms with Crippen molar-refractivity contribution in [2.75, 3.05) is 0 Å². The van der Waals surface area contributed by atoms with Gasteiger partial charge in [0, 0.05) is 11.6 Å². The number of carbonyl (C=O) groups is 2. The van der Waals surface area contributed by atoms with E-state index in [1.807, 2.05) is 13.8 Å². The summed E-state index contributed by atoms with van der Waals surface area (Å²) in [5.41, 5.74) is 5.44. The summed E-state index contributed by atoms with van der Waals surface area (Å²) in [5.74, 6) is -1.09. The Kier molecular flexibility index (Phi) is 5.98. The van der Waals surface area contributed by atoms with Gasteiger partial charge in [-0.15, -0.1) is 0 Å². The van der Waals surface area contributed by atoms with Crippen LogP contribution in [0, 0.1) is 16.0 Å². The summed E-state index contributed by atoms with van der Waals surface area (Å²) in [5, 5.41) is 13.0. The monoisotopic (exact) mass is 357 g/mol. The zero-order valence-corrected chi connectivity index (χ0v) is 13.2. The molecule has 8 heteroatoms. The maximum absolute atomic E-state index is 11.9.